The van der Waals surface area contributed by atoms with Gasteiger partial charge in [-0.3, -0.25) is 0 Å². The van der Waals surface area contributed by atoms with Crippen LogP contribution < -0.4 is 0 Å². The molecule has 1 aliphatic rings. The Morgan fingerprint density at radius 3 is 2.63 bits per heavy atom. The van der Waals surface area contributed by atoms with Crippen LogP contribution in [-0.4, -0.2) is 55.2 Å². The van der Waals surface area contributed by atoms with Crippen molar-refractivity contribution < 1.29 is 9.53 Å². The van der Waals surface area contributed by atoms with Crippen molar-refractivity contribution in [3.8, 4) is 0 Å². The number of ether oxygens (including phenoxy) is 1. The van der Waals surface area contributed by atoms with Gasteiger partial charge >= 0.3 is 6.03 Å². The molecule has 2 amide bonds. The average molecular weight is 262 g/mol. The summed E-state index contributed by atoms with van der Waals surface area (Å²) in [7, 11) is 3.57. The number of carbonyl (C=O) groups is 1. The molecular weight excluding hydrogens is 240 g/mol. The average Bonchev–Trinajstić information content (AvgIpc) is 2.38. The number of morpholine rings is 1. The molecule has 4 nitrogen and oxygen atoms in total. The summed E-state index contributed by atoms with van der Waals surface area (Å²) >= 11 is 0. The molecule has 2 rings (SSSR count). The molecule has 0 bridgehead atoms. The molecule has 0 radical (unpaired) electrons. The summed E-state index contributed by atoms with van der Waals surface area (Å²) in [5.41, 5.74) is 1.25. The second kappa shape index (κ2) is 6.06. The molecule has 0 spiro atoms. The van der Waals surface area contributed by atoms with Crippen LogP contribution >= 0.6 is 0 Å². The lowest BCUT2D eigenvalue weighted by Gasteiger charge is -2.38. The maximum absolute atomic E-state index is 12.0. The highest BCUT2D eigenvalue weighted by atomic mass is 16.5. The smallest absolute Gasteiger partial charge is 0.319 e. The molecule has 1 aromatic carbocycles. The predicted octanol–water partition coefficient (Wildman–Crippen LogP) is 2.00. The highest BCUT2D eigenvalue weighted by Gasteiger charge is 2.29. The highest BCUT2D eigenvalue weighted by Crippen LogP contribution is 2.16. The van der Waals surface area contributed by atoms with Gasteiger partial charge < -0.3 is 14.5 Å². The Hall–Kier alpha value is -1.55. The molecule has 19 heavy (non-hydrogen) atoms. The van der Waals surface area contributed by atoms with Crippen LogP contribution in [0.25, 0.3) is 0 Å². The fraction of sp³-hybridized carbons (Fsp3) is 0.533. The van der Waals surface area contributed by atoms with E-state index in [0.717, 1.165) is 6.42 Å². The molecule has 1 fully saturated rings. The van der Waals surface area contributed by atoms with E-state index in [-0.39, 0.29) is 18.2 Å². The van der Waals surface area contributed by atoms with Crippen molar-refractivity contribution in [3.05, 3.63) is 35.9 Å². The molecular formula is C15H22N2O2. The molecule has 0 aliphatic carbocycles. The van der Waals surface area contributed by atoms with E-state index in [4.69, 9.17) is 4.74 Å². The van der Waals surface area contributed by atoms with Crippen LogP contribution in [0, 0.1) is 0 Å². The van der Waals surface area contributed by atoms with Gasteiger partial charge in [0, 0.05) is 33.6 Å². The first kappa shape index (κ1) is 13.9. The van der Waals surface area contributed by atoms with Gasteiger partial charge in [-0.15, -0.1) is 0 Å². The number of hydrogen-bond acceptors (Lipinski definition) is 2. The Kier molecular flexibility index (Phi) is 4.43. The van der Waals surface area contributed by atoms with Gasteiger partial charge in [0.15, 0.2) is 0 Å². The van der Waals surface area contributed by atoms with E-state index < -0.39 is 0 Å². The SMILES string of the molecule is CC1CN(C(=O)N(C)C)CC(Cc2ccccc2)O1. The number of nitrogens with zero attached hydrogens (tertiary/aromatic N) is 2. The molecule has 0 aromatic heterocycles. The molecule has 0 saturated carbocycles. The molecule has 4 heteroatoms. The molecule has 2 unspecified atom stereocenters. The molecule has 1 aliphatic heterocycles. The van der Waals surface area contributed by atoms with E-state index in [1.807, 2.05) is 30.0 Å². The van der Waals surface area contributed by atoms with Crippen LogP contribution in [-0.2, 0) is 11.2 Å². The minimum atomic E-state index is 0.0632. The topological polar surface area (TPSA) is 32.8 Å². The first-order valence-corrected chi connectivity index (χ1v) is 6.72. The zero-order valence-electron chi connectivity index (χ0n) is 11.9. The second-order valence-electron chi connectivity index (χ2n) is 5.34. The van der Waals surface area contributed by atoms with Crippen molar-refractivity contribution in [2.24, 2.45) is 0 Å². The Morgan fingerprint density at radius 2 is 2.00 bits per heavy atom. The number of urea groups is 1. The molecule has 1 heterocycles. The van der Waals surface area contributed by atoms with Crippen molar-refractivity contribution in [2.45, 2.75) is 25.6 Å². The summed E-state index contributed by atoms with van der Waals surface area (Å²) in [6.45, 7) is 3.35. The lowest BCUT2D eigenvalue weighted by atomic mass is 10.1. The number of amides is 2. The zero-order valence-corrected chi connectivity index (χ0v) is 11.9. The number of benzene rings is 1. The lowest BCUT2D eigenvalue weighted by molar-refractivity contribution is -0.0652. The monoisotopic (exact) mass is 262 g/mol. The molecule has 1 saturated heterocycles. The summed E-state index contributed by atoms with van der Waals surface area (Å²) in [5, 5.41) is 0. The Balaban J connectivity index is 2.00. The van der Waals surface area contributed by atoms with Crippen molar-refractivity contribution in [1.82, 2.24) is 9.80 Å². The van der Waals surface area contributed by atoms with E-state index in [2.05, 4.69) is 12.1 Å². The minimum Gasteiger partial charge on any atom is -0.371 e. The van der Waals surface area contributed by atoms with Gasteiger partial charge in [0.05, 0.1) is 12.2 Å². The van der Waals surface area contributed by atoms with Gasteiger partial charge in [-0.05, 0) is 12.5 Å². The van der Waals surface area contributed by atoms with Gasteiger partial charge in [0.1, 0.15) is 0 Å². The molecule has 104 valence electrons. The number of hydrogen-bond donors (Lipinski definition) is 0. The Labute approximate surface area is 115 Å². The van der Waals surface area contributed by atoms with E-state index in [1.54, 1.807) is 19.0 Å². The van der Waals surface area contributed by atoms with E-state index >= 15 is 0 Å². The van der Waals surface area contributed by atoms with Crippen LogP contribution in [0.1, 0.15) is 12.5 Å². The van der Waals surface area contributed by atoms with Gasteiger partial charge in [0.25, 0.3) is 0 Å². The summed E-state index contributed by atoms with van der Waals surface area (Å²) in [4.78, 5) is 15.5. The Bertz CT molecular complexity index is 419. The number of carbonyl (C=O) groups excluding carboxylic acids is 1. The summed E-state index contributed by atoms with van der Waals surface area (Å²) < 4.78 is 5.94. The summed E-state index contributed by atoms with van der Waals surface area (Å²) in [6, 6.07) is 10.3. The number of rotatable bonds is 2. The quantitative estimate of drug-likeness (QED) is 0.816. The van der Waals surface area contributed by atoms with E-state index in [0.29, 0.717) is 13.1 Å². The lowest BCUT2D eigenvalue weighted by Crippen LogP contribution is -2.52. The normalized spacial score (nSPS) is 23.2. The predicted molar refractivity (Wildman–Crippen MR) is 75.1 cm³/mol. The fourth-order valence-corrected chi connectivity index (χ4v) is 2.47. The fourth-order valence-electron chi connectivity index (χ4n) is 2.47. The maximum atomic E-state index is 12.0. The van der Waals surface area contributed by atoms with Gasteiger partial charge in [-0.2, -0.15) is 0 Å². The molecule has 0 N–H and O–H groups in total. The molecule has 1 aromatic rings. The third-order valence-corrected chi connectivity index (χ3v) is 3.29. The van der Waals surface area contributed by atoms with Crippen LogP contribution in [0.15, 0.2) is 30.3 Å². The van der Waals surface area contributed by atoms with Gasteiger partial charge in [-0.1, -0.05) is 30.3 Å². The second-order valence-corrected chi connectivity index (χ2v) is 5.34. The van der Waals surface area contributed by atoms with Gasteiger partial charge in [0.2, 0.25) is 0 Å². The zero-order chi connectivity index (χ0) is 13.8. The third-order valence-electron chi connectivity index (χ3n) is 3.29. The van der Waals surface area contributed by atoms with Crippen molar-refractivity contribution in [2.75, 3.05) is 27.2 Å². The largest absolute Gasteiger partial charge is 0.371 e. The molecule has 2 atom stereocenters. The first-order chi connectivity index (χ1) is 9.06. The third kappa shape index (κ3) is 3.70. The maximum Gasteiger partial charge on any atom is 0.319 e. The van der Waals surface area contributed by atoms with Crippen molar-refractivity contribution in [3.63, 3.8) is 0 Å². The standard InChI is InChI=1S/C15H22N2O2/c1-12-10-17(15(18)16(2)3)11-14(19-12)9-13-7-5-4-6-8-13/h4-8,12,14H,9-11H2,1-3H3. The van der Waals surface area contributed by atoms with E-state index in [1.165, 1.54) is 5.56 Å². The van der Waals surface area contributed by atoms with Gasteiger partial charge in [-0.25, -0.2) is 4.79 Å². The summed E-state index contributed by atoms with van der Waals surface area (Å²) in [5.74, 6) is 0. The van der Waals surface area contributed by atoms with Crippen molar-refractivity contribution >= 4 is 6.03 Å². The van der Waals surface area contributed by atoms with Crippen LogP contribution in [0.5, 0.6) is 0 Å². The van der Waals surface area contributed by atoms with Crippen LogP contribution in [0.2, 0.25) is 0 Å². The van der Waals surface area contributed by atoms with Crippen molar-refractivity contribution in [1.29, 1.82) is 0 Å². The summed E-state index contributed by atoms with van der Waals surface area (Å²) in [6.07, 6.45) is 1.02. The van der Waals surface area contributed by atoms with E-state index in [9.17, 15) is 4.79 Å². The van der Waals surface area contributed by atoms with Crippen LogP contribution in [0.4, 0.5) is 4.79 Å². The highest BCUT2D eigenvalue weighted by molar-refractivity contribution is 5.74. The van der Waals surface area contributed by atoms with Crippen LogP contribution in [0.3, 0.4) is 0 Å². The first-order valence-electron chi connectivity index (χ1n) is 6.72. The Morgan fingerprint density at radius 1 is 1.32 bits per heavy atom. The minimum absolute atomic E-state index is 0.0632.